The lowest BCUT2D eigenvalue weighted by Crippen LogP contribution is -2.39. The van der Waals surface area contributed by atoms with Gasteiger partial charge in [-0.15, -0.1) is 24.0 Å². The number of unbranched alkanes of at least 4 members (excludes halogenated alkanes) is 1. The first-order chi connectivity index (χ1) is 13.7. The minimum absolute atomic E-state index is 0. The first-order valence-electron chi connectivity index (χ1n) is 9.79. The number of benzene rings is 1. The molecule has 29 heavy (non-hydrogen) atoms. The molecule has 0 unspecified atom stereocenters. The molecule has 7 nitrogen and oxygen atoms in total. The number of carbonyl (C=O) groups is 2. The summed E-state index contributed by atoms with van der Waals surface area (Å²) in [6.07, 6.45) is 5.61. The van der Waals surface area contributed by atoms with E-state index >= 15 is 0 Å². The molecule has 0 spiro atoms. The van der Waals surface area contributed by atoms with Crippen LogP contribution in [0.2, 0.25) is 0 Å². The number of rotatable bonds is 9. The largest absolute Gasteiger partial charge is 0.357 e. The fraction of sp³-hybridized carbons (Fsp3) is 0.381. The lowest BCUT2D eigenvalue weighted by atomic mass is 10.1. The van der Waals surface area contributed by atoms with Gasteiger partial charge in [-0.2, -0.15) is 0 Å². The van der Waals surface area contributed by atoms with Gasteiger partial charge in [0.25, 0.3) is 11.8 Å². The number of carbonyl (C=O) groups excluding carboxylic acids is 2. The van der Waals surface area contributed by atoms with Gasteiger partial charge in [-0.25, -0.2) is 0 Å². The van der Waals surface area contributed by atoms with Crippen molar-refractivity contribution in [2.75, 3.05) is 26.2 Å². The van der Waals surface area contributed by atoms with Crippen LogP contribution in [0.3, 0.4) is 0 Å². The Labute approximate surface area is 188 Å². The maximum Gasteiger partial charge on any atom is 0.261 e. The highest BCUT2D eigenvalue weighted by Crippen LogP contribution is 2.22. The minimum atomic E-state index is -0.191. The fourth-order valence-corrected chi connectivity index (χ4v) is 3.18. The Hall–Kier alpha value is -2.36. The summed E-state index contributed by atoms with van der Waals surface area (Å²) in [4.78, 5) is 30.6. The number of amides is 2. The zero-order valence-corrected chi connectivity index (χ0v) is 19.0. The Kier molecular flexibility index (Phi) is 9.17. The van der Waals surface area contributed by atoms with Crippen molar-refractivity contribution in [1.82, 2.24) is 20.1 Å². The number of nitrogens with zero attached hydrogens (tertiary/aromatic N) is 3. The topological polar surface area (TPSA) is 78.7 Å². The van der Waals surface area contributed by atoms with E-state index in [-0.39, 0.29) is 35.8 Å². The van der Waals surface area contributed by atoms with Crippen molar-refractivity contribution < 1.29 is 9.59 Å². The molecule has 0 aliphatic carbocycles. The Bertz CT molecular complexity index is 800. The van der Waals surface area contributed by atoms with Gasteiger partial charge in [-0.3, -0.25) is 19.5 Å². The molecule has 1 aromatic carbocycles. The van der Waals surface area contributed by atoms with Crippen molar-refractivity contribution in [2.45, 2.75) is 26.3 Å². The Morgan fingerprint density at radius 1 is 0.931 bits per heavy atom. The molecular formula is C21H28IN5O2. The SMILES string of the molecule is CCNC(=NCCCCN1C(=O)c2ccccc2C1=O)NCCn1cccc1.I. The number of nitrogens with one attached hydrogen (secondary N) is 2. The van der Waals surface area contributed by atoms with E-state index in [0.29, 0.717) is 24.2 Å². The highest BCUT2D eigenvalue weighted by Gasteiger charge is 2.34. The molecule has 1 aliphatic heterocycles. The molecule has 2 N–H and O–H groups in total. The molecule has 1 aromatic heterocycles. The number of hydrogen-bond acceptors (Lipinski definition) is 3. The van der Waals surface area contributed by atoms with Crippen molar-refractivity contribution in [3.8, 4) is 0 Å². The summed E-state index contributed by atoms with van der Waals surface area (Å²) in [7, 11) is 0. The number of aromatic nitrogens is 1. The third-order valence-electron chi connectivity index (χ3n) is 4.61. The molecule has 8 heteroatoms. The van der Waals surface area contributed by atoms with Crippen LogP contribution in [-0.4, -0.2) is 53.4 Å². The highest BCUT2D eigenvalue weighted by atomic mass is 127. The molecule has 0 fully saturated rings. The Morgan fingerprint density at radius 2 is 1.59 bits per heavy atom. The molecule has 0 radical (unpaired) electrons. The number of halogens is 1. The van der Waals surface area contributed by atoms with Crippen molar-refractivity contribution in [3.63, 3.8) is 0 Å². The van der Waals surface area contributed by atoms with Gasteiger partial charge < -0.3 is 15.2 Å². The first kappa shape index (κ1) is 22.9. The summed E-state index contributed by atoms with van der Waals surface area (Å²) in [6.45, 7) is 5.56. The third-order valence-corrected chi connectivity index (χ3v) is 4.61. The maximum absolute atomic E-state index is 12.3. The van der Waals surface area contributed by atoms with E-state index < -0.39 is 0 Å². The van der Waals surface area contributed by atoms with E-state index in [1.54, 1.807) is 24.3 Å². The monoisotopic (exact) mass is 509 g/mol. The number of hydrogen-bond donors (Lipinski definition) is 2. The molecule has 0 bridgehead atoms. The molecule has 2 heterocycles. The highest BCUT2D eigenvalue weighted by molar-refractivity contribution is 14.0. The van der Waals surface area contributed by atoms with E-state index in [0.717, 1.165) is 38.4 Å². The summed E-state index contributed by atoms with van der Waals surface area (Å²) in [5, 5.41) is 6.55. The van der Waals surface area contributed by atoms with Gasteiger partial charge in [-0.05, 0) is 44.0 Å². The fourth-order valence-electron chi connectivity index (χ4n) is 3.18. The average molecular weight is 509 g/mol. The molecule has 2 amide bonds. The van der Waals surface area contributed by atoms with Crippen LogP contribution in [0.1, 0.15) is 40.5 Å². The van der Waals surface area contributed by atoms with Crippen molar-refractivity contribution in [3.05, 3.63) is 59.9 Å². The predicted octanol–water partition coefficient (Wildman–Crippen LogP) is 2.74. The van der Waals surface area contributed by atoms with Gasteiger partial charge in [0.05, 0.1) is 11.1 Å². The molecule has 3 rings (SSSR count). The molecule has 0 atom stereocenters. The van der Waals surface area contributed by atoms with E-state index in [1.165, 1.54) is 4.90 Å². The summed E-state index contributed by atoms with van der Waals surface area (Å²) in [5.41, 5.74) is 1.01. The van der Waals surface area contributed by atoms with Gasteiger partial charge in [-0.1, -0.05) is 12.1 Å². The molecule has 2 aromatic rings. The standard InChI is InChI=1S/C21H27N5O2.HI/c1-2-22-21(24-12-16-25-13-7-8-14-25)23-11-5-6-15-26-19(27)17-9-3-4-10-18(17)20(26)28;/h3-4,7-10,13-14H,2,5-6,11-12,15-16H2,1H3,(H2,22,23,24);1H. The molecule has 0 saturated heterocycles. The van der Waals surface area contributed by atoms with Gasteiger partial charge in [0.1, 0.15) is 0 Å². The summed E-state index contributed by atoms with van der Waals surface area (Å²) in [5.74, 6) is 0.406. The molecule has 1 aliphatic rings. The van der Waals surface area contributed by atoms with Gasteiger partial charge in [0.15, 0.2) is 5.96 Å². The quantitative estimate of drug-likeness (QED) is 0.179. The maximum atomic E-state index is 12.3. The van der Waals surface area contributed by atoms with Gasteiger partial charge >= 0.3 is 0 Å². The summed E-state index contributed by atoms with van der Waals surface area (Å²) >= 11 is 0. The number of imide groups is 1. The normalized spacial score (nSPS) is 13.3. The first-order valence-corrected chi connectivity index (χ1v) is 9.79. The van der Waals surface area contributed by atoms with Crippen molar-refractivity contribution in [1.29, 1.82) is 0 Å². The molecule has 156 valence electrons. The Morgan fingerprint density at radius 3 is 2.21 bits per heavy atom. The van der Waals surface area contributed by atoms with Crippen LogP contribution in [-0.2, 0) is 6.54 Å². The van der Waals surface area contributed by atoms with Crippen LogP contribution in [0.15, 0.2) is 53.8 Å². The average Bonchev–Trinajstić information content (AvgIpc) is 3.30. The second-order valence-corrected chi connectivity index (χ2v) is 6.62. The lowest BCUT2D eigenvalue weighted by molar-refractivity contribution is 0.0652. The van der Waals surface area contributed by atoms with E-state index in [2.05, 4.69) is 20.2 Å². The van der Waals surface area contributed by atoms with Crippen LogP contribution in [0.4, 0.5) is 0 Å². The Balaban J connectivity index is 0.00000300. The smallest absolute Gasteiger partial charge is 0.261 e. The minimum Gasteiger partial charge on any atom is -0.357 e. The van der Waals surface area contributed by atoms with Gasteiger partial charge in [0.2, 0.25) is 0 Å². The second-order valence-electron chi connectivity index (χ2n) is 6.62. The van der Waals surface area contributed by atoms with Crippen molar-refractivity contribution in [2.24, 2.45) is 4.99 Å². The van der Waals surface area contributed by atoms with Crippen LogP contribution in [0.5, 0.6) is 0 Å². The van der Waals surface area contributed by atoms with Crippen molar-refractivity contribution >= 4 is 41.8 Å². The predicted molar refractivity (Wildman–Crippen MR) is 125 cm³/mol. The third kappa shape index (κ3) is 6.06. The molecule has 0 saturated carbocycles. The summed E-state index contributed by atoms with van der Waals surface area (Å²) < 4.78 is 2.11. The van der Waals surface area contributed by atoms with E-state index in [4.69, 9.17) is 0 Å². The van der Waals surface area contributed by atoms with Crippen LogP contribution >= 0.6 is 24.0 Å². The van der Waals surface area contributed by atoms with Crippen LogP contribution < -0.4 is 10.6 Å². The van der Waals surface area contributed by atoms with Gasteiger partial charge in [0, 0.05) is 45.1 Å². The zero-order valence-electron chi connectivity index (χ0n) is 16.6. The van der Waals surface area contributed by atoms with Crippen LogP contribution in [0, 0.1) is 0 Å². The number of aliphatic imine (C=N–C) groups is 1. The lowest BCUT2D eigenvalue weighted by Gasteiger charge is -2.14. The zero-order chi connectivity index (χ0) is 19.8. The van der Waals surface area contributed by atoms with Crippen LogP contribution in [0.25, 0.3) is 0 Å². The van der Waals surface area contributed by atoms with E-state index in [1.807, 2.05) is 31.5 Å². The number of guanidine groups is 1. The molecular weight excluding hydrogens is 481 g/mol. The number of fused-ring (bicyclic) bond motifs is 1. The van der Waals surface area contributed by atoms with E-state index in [9.17, 15) is 9.59 Å². The second kappa shape index (κ2) is 11.6. The summed E-state index contributed by atoms with van der Waals surface area (Å²) in [6, 6.07) is 11.0.